The normalized spacial score (nSPS) is 9.91. The van der Waals surface area contributed by atoms with E-state index in [9.17, 15) is 19.4 Å². The third-order valence-electron chi connectivity index (χ3n) is 2.62. The van der Waals surface area contributed by atoms with Gasteiger partial charge >= 0.3 is 6.03 Å². The predicted molar refractivity (Wildman–Crippen MR) is 81.6 cm³/mol. The highest BCUT2D eigenvalue weighted by atomic mass is 79.9. The first-order valence-corrected chi connectivity index (χ1v) is 6.70. The van der Waals surface area contributed by atoms with Crippen LogP contribution in [0.1, 0.15) is 0 Å². The van der Waals surface area contributed by atoms with E-state index in [2.05, 4.69) is 31.5 Å². The van der Waals surface area contributed by atoms with Crippen LogP contribution in [0.15, 0.2) is 46.9 Å². The van der Waals surface area contributed by atoms with Gasteiger partial charge in [-0.05, 0) is 40.2 Å². The maximum Gasteiger partial charge on any atom is 0.323 e. The molecule has 2 aromatic carbocycles. The number of anilines is 2. The Kier molecular flexibility index (Phi) is 4.89. The number of nitro benzene ring substituents is 1. The monoisotopic (exact) mass is 369 g/mol. The molecule has 2 amide bonds. The van der Waals surface area contributed by atoms with Crippen LogP contribution in [0.3, 0.4) is 0 Å². The van der Waals surface area contributed by atoms with Crippen LogP contribution in [-0.2, 0) is 0 Å². The van der Waals surface area contributed by atoms with Crippen molar-refractivity contribution in [1.82, 2.24) is 0 Å². The van der Waals surface area contributed by atoms with Crippen molar-refractivity contribution in [2.24, 2.45) is 0 Å². The maximum atomic E-state index is 12.1. The first-order valence-electron chi connectivity index (χ1n) is 5.91. The van der Waals surface area contributed by atoms with Gasteiger partial charge in [0.25, 0.3) is 5.69 Å². The highest BCUT2D eigenvalue weighted by Crippen LogP contribution is 2.28. The Bertz CT molecular complexity index is 726. The van der Waals surface area contributed by atoms with Crippen molar-refractivity contribution < 1.29 is 19.2 Å². The topological polar surface area (TPSA) is 93.5 Å². The van der Waals surface area contributed by atoms with Crippen molar-refractivity contribution in [2.75, 3.05) is 10.6 Å². The number of amides is 2. The molecule has 0 unspecified atom stereocenters. The van der Waals surface area contributed by atoms with Crippen LogP contribution in [0.4, 0.5) is 26.4 Å². The molecule has 0 saturated carbocycles. The van der Waals surface area contributed by atoms with E-state index in [0.29, 0.717) is 10.2 Å². The van der Waals surface area contributed by atoms with E-state index < -0.39 is 11.0 Å². The molecule has 22 heavy (non-hydrogen) atoms. The summed E-state index contributed by atoms with van der Waals surface area (Å²) < 4.78 is 12.4. The molecular weight excluding hydrogens is 361 g/mol. The summed E-state index contributed by atoms with van der Waals surface area (Å²) in [6.07, 6.45) is 0. The van der Waals surface area contributed by atoms with Crippen molar-refractivity contribution in [3.63, 3.8) is 0 Å². The smallest absolute Gasteiger partial charge is 0.308 e. The number of hydrogen-bond acceptors (Lipinski definition) is 4. The summed E-state index contributed by atoms with van der Waals surface area (Å²) in [6, 6.07) is 9.22. The maximum absolute atomic E-state index is 12.1. The summed E-state index contributed by atoms with van der Waals surface area (Å²) in [5, 5.41) is 15.7. The molecule has 2 aromatic rings. The fourth-order valence-corrected chi connectivity index (χ4v) is 2.10. The lowest BCUT2D eigenvalue weighted by Crippen LogP contribution is -2.20. The second-order valence-electron chi connectivity index (χ2n) is 4.08. The van der Waals surface area contributed by atoms with Gasteiger partial charge in [-0.1, -0.05) is 12.1 Å². The van der Waals surface area contributed by atoms with E-state index in [4.69, 9.17) is 0 Å². The van der Waals surface area contributed by atoms with Crippen LogP contribution in [-0.4, -0.2) is 11.0 Å². The number of nitrogens with one attached hydrogen (secondary N) is 2. The molecule has 2 N–H and O–H groups in total. The zero-order valence-electron chi connectivity index (χ0n) is 10.9. The van der Waals surface area contributed by atoms with Crippen LogP contribution in [0.2, 0.25) is 0 Å². The molecule has 0 spiro atoms. The number of rotatable bonds is 4. The van der Waals surface area contributed by atoms with E-state index >= 15 is 0 Å². The van der Waals surface area contributed by atoms with Crippen molar-refractivity contribution in [2.45, 2.75) is 0 Å². The summed E-state index contributed by atoms with van der Waals surface area (Å²) in [5.41, 5.74) is 0.191. The molecule has 0 atom stereocenters. The fraction of sp³-hybridized carbons (Fsp3) is 0. The van der Waals surface area contributed by atoms with Crippen LogP contribution >= 0.6 is 15.9 Å². The van der Waals surface area contributed by atoms with E-state index in [0.717, 1.165) is 0 Å². The number of benzene rings is 2. The number of halogens is 2. The summed E-state index contributed by atoms with van der Waals surface area (Å²) in [5.74, 6) is -0.0374. The molecule has 7 nitrogen and oxygen atoms in total. The average molecular weight is 370 g/mol. The SMILES string of the molecule is O=C(Nc1ccc(OF)c(Br)c1)Nc1ccccc1[N+](=O)[O-]. The lowest BCUT2D eigenvalue weighted by Gasteiger charge is -2.09. The molecule has 0 aliphatic rings. The minimum Gasteiger partial charge on any atom is -0.308 e. The molecular formula is C13H9BrFN3O4. The van der Waals surface area contributed by atoms with Gasteiger partial charge in [0, 0.05) is 16.3 Å². The van der Waals surface area contributed by atoms with Crippen molar-refractivity contribution >= 4 is 39.0 Å². The van der Waals surface area contributed by atoms with Gasteiger partial charge in [-0.3, -0.25) is 15.1 Å². The van der Waals surface area contributed by atoms with E-state index in [1.165, 1.54) is 36.4 Å². The molecule has 0 fully saturated rings. The molecule has 0 aliphatic heterocycles. The quantitative estimate of drug-likeness (QED) is 0.621. The van der Waals surface area contributed by atoms with Gasteiger partial charge in [0.05, 0.1) is 9.40 Å². The molecule has 0 heterocycles. The number of carbonyl (C=O) groups excluding carboxylic acids is 1. The summed E-state index contributed by atoms with van der Waals surface area (Å²) in [6.45, 7) is 0. The molecule has 0 aromatic heterocycles. The minimum absolute atomic E-state index is 0.0374. The largest absolute Gasteiger partial charge is 0.323 e. The predicted octanol–water partition coefficient (Wildman–Crippen LogP) is 4.26. The molecule has 0 radical (unpaired) electrons. The molecule has 2 rings (SSSR count). The van der Waals surface area contributed by atoms with Gasteiger partial charge in [0.1, 0.15) is 5.69 Å². The minimum atomic E-state index is -0.671. The first-order chi connectivity index (χ1) is 10.5. The Morgan fingerprint density at radius 3 is 2.59 bits per heavy atom. The Hall–Kier alpha value is -2.68. The number of para-hydroxylation sites is 2. The Balaban J connectivity index is 2.11. The van der Waals surface area contributed by atoms with E-state index in [-0.39, 0.29) is 17.1 Å². The number of hydrogen-bond donors (Lipinski definition) is 2. The van der Waals surface area contributed by atoms with Gasteiger partial charge in [-0.15, -0.1) is 0 Å². The van der Waals surface area contributed by atoms with Gasteiger partial charge in [-0.2, -0.15) is 0 Å². The molecule has 0 saturated heterocycles. The van der Waals surface area contributed by atoms with Crippen molar-refractivity contribution in [3.8, 4) is 5.75 Å². The average Bonchev–Trinajstić information content (AvgIpc) is 2.47. The summed E-state index contributed by atoms with van der Waals surface area (Å²) in [4.78, 5) is 25.7. The van der Waals surface area contributed by atoms with Crippen LogP contribution in [0.25, 0.3) is 0 Å². The lowest BCUT2D eigenvalue weighted by atomic mass is 10.2. The molecule has 0 aliphatic carbocycles. The highest BCUT2D eigenvalue weighted by molar-refractivity contribution is 9.10. The molecule has 114 valence electrons. The van der Waals surface area contributed by atoms with Crippen LogP contribution < -0.4 is 15.6 Å². The second kappa shape index (κ2) is 6.85. The van der Waals surface area contributed by atoms with Crippen molar-refractivity contribution in [1.29, 1.82) is 0 Å². The number of nitro groups is 1. The summed E-state index contributed by atoms with van der Waals surface area (Å²) in [7, 11) is 0. The van der Waals surface area contributed by atoms with Crippen molar-refractivity contribution in [3.05, 3.63) is 57.1 Å². The van der Waals surface area contributed by atoms with Crippen LogP contribution in [0, 0.1) is 10.1 Å². The third kappa shape index (κ3) is 3.70. The Morgan fingerprint density at radius 1 is 1.23 bits per heavy atom. The Labute approximate surface area is 132 Å². The number of urea groups is 1. The van der Waals surface area contributed by atoms with E-state index in [1.807, 2.05) is 0 Å². The standard InChI is InChI=1S/C13H9BrFN3O4/c14-9-7-8(5-6-12(9)22-15)16-13(19)17-10-3-1-2-4-11(10)18(20)21/h1-7H,(H2,16,17,19). The molecule has 9 heteroatoms. The van der Waals surface area contributed by atoms with Gasteiger partial charge in [0.15, 0.2) is 5.75 Å². The third-order valence-corrected chi connectivity index (χ3v) is 3.24. The molecule has 0 bridgehead atoms. The zero-order valence-corrected chi connectivity index (χ0v) is 12.5. The lowest BCUT2D eigenvalue weighted by molar-refractivity contribution is -0.383. The highest BCUT2D eigenvalue weighted by Gasteiger charge is 2.15. The van der Waals surface area contributed by atoms with Crippen LogP contribution in [0.5, 0.6) is 5.75 Å². The van der Waals surface area contributed by atoms with Gasteiger partial charge in [-0.25, -0.2) is 4.79 Å². The second-order valence-corrected chi connectivity index (χ2v) is 4.93. The number of carbonyl (C=O) groups is 1. The Morgan fingerprint density at radius 2 is 1.95 bits per heavy atom. The van der Waals surface area contributed by atoms with Gasteiger partial charge in [0.2, 0.25) is 0 Å². The zero-order chi connectivity index (χ0) is 16.1. The fourth-order valence-electron chi connectivity index (χ4n) is 1.66. The summed E-state index contributed by atoms with van der Waals surface area (Å²) >= 11 is 3.07. The number of nitrogens with zero attached hydrogens (tertiary/aromatic N) is 1. The van der Waals surface area contributed by atoms with Gasteiger partial charge < -0.3 is 10.6 Å². The first kappa shape index (κ1) is 15.7. The van der Waals surface area contributed by atoms with E-state index in [1.54, 1.807) is 6.07 Å².